The van der Waals surface area contributed by atoms with Gasteiger partial charge in [0.2, 0.25) is 0 Å². The number of aromatic hydroxyl groups is 1. The van der Waals surface area contributed by atoms with Gasteiger partial charge in [0.05, 0.1) is 18.8 Å². The highest BCUT2D eigenvalue weighted by atomic mass is 19.4. The molecule has 0 aliphatic heterocycles. The van der Waals surface area contributed by atoms with Gasteiger partial charge < -0.3 is 14.6 Å². The Morgan fingerprint density at radius 2 is 1.75 bits per heavy atom. The number of alkyl halides is 3. The van der Waals surface area contributed by atoms with Gasteiger partial charge in [0.15, 0.2) is 0 Å². The molecule has 0 aliphatic rings. The van der Waals surface area contributed by atoms with Crippen molar-refractivity contribution in [2.45, 2.75) is 46.4 Å². The molecule has 172 valence electrons. The number of phenols is 1. The van der Waals surface area contributed by atoms with Crippen molar-refractivity contribution in [3.8, 4) is 11.5 Å². The summed E-state index contributed by atoms with van der Waals surface area (Å²) < 4.78 is 49.1. The second-order valence-electron chi connectivity index (χ2n) is 7.76. The number of carbonyl (C=O) groups excluding carboxylic acids is 1. The Labute approximate surface area is 186 Å². The Morgan fingerprint density at radius 3 is 2.25 bits per heavy atom. The van der Waals surface area contributed by atoms with Crippen LogP contribution >= 0.6 is 0 Å². The fourth-order valence-corrected chi connectivity index (χ4v) is 2.98. The number of halogens is 3. The van der Waals surface area contributed by atoms with Crippen LogP contribution < -0.4 is 4.74 Å². The number of hydrogen-bond acceptors (Lipinski definition) is 4. The zero-order chi connectivity index (χ0) is 24.1. The second-order valence-corrected chi connectivity index (χ2v) is 7.76. The van der Waals surface area contributed by atoms with E-state index in [-0.39, 0.29) is 17.4 Å². The third-order valence-corrected chi connectivity index (χ3v) is 4.56. The molecule has 1 N–H and O–H groups in total. The third kappa shape index (κ3) is 6.39. The summed E-state index contributed by atoms with van der Waals surface area (Å²) in [5, 5.41) is 10.9. The molecule has 0 radical (unpaired) electrons. The summed E-state index contributed by atoms with van der Waals surface area (Å²) in [5.74, 6) is -0.571. The van der Waals surface area contributed by atoms with Crippen LogP contribution in [0.5, 0.6) is 11.5 Å². The Hall–Kier alpha value is -3.22. The first-order valence-corrected chi connectivity index (χ1v) is 10.1. The second kappa shape index (κ2) is 10.4. The average Bonchev–Trinajstić information content (AvgIpc) is 2.70. The van der Waals surface area contributed by atoms with E-state index in [0.29, 0.717) is 28.9 Å². The van der Waals surface area contributed by atoms with Gasteiger partial charge in [0.25, 0.3) is 0 Å². The lowest BCUT2D eigenvalue weighted by atomic mass is 9.97. The van der Waals surface area contributed by atoms with E-state index in [1.807, 2.05) is 33.8 Å². The standard InChI is InChI=1S/C25H27F3O4/c1-15(2)6-13-20-21(32-16(3)4)14-18(22(23(20)29)24(30)31-5)10-7-17-8-11-19(12-9-17)25(26,27)28/h6-12,14,16,29H,13H2,1-5H3/b10-7+. The monoisotopic (exact) mass is 448 g/mol. The Morgan fingerprint density at radius 1 is 1.12 bits per heavy atom. The number of allylic oxidation sites excluding steroid dienone is 2. The number of carbonyl (C=O) groups is 1. The van der Waals surface area contributed by atoms with E-state index in [1.165, 1.54) is 25.3 Å². The number of ether oxygens (including phenoxy) is 2. The lowest BCUT2D eigenvalue weighted by Crippen LogP contribution is -2.11. The predicted molar refractivity (Wildman–Crippen MR) is 119 cm³/mol. The molecule has 0 saturated carbocycles. The fraction of sp³-hybridized carbons (Fsp3) is 0.320. The van der Waals surface area contributed by atoms with Crippen LogP contribution in [0.25, 0.3) is 12.2 Å². The maximum absolute atomic E-state index is 12.8. The van der Waals surface area contributed by atoms with E-state index in [4.69, 9.17) is 9.47 Å². The van der Waals surface area contributed by atoms with Gasteiger partial charge >= 0.3 is 12.1 Å². The number of esters is 1. The zero-order valence-corrected chi connectivity index (χ0v) is 18.7. The smallest absolute Gasteiger partial charge is 0.416 e. The van der Waals surface area contributed by atoms with E-state index in [1.54, 1.807) is 12.1 Å². The van der Waals surface area contributed by atoms with Crippen molar-refractivity contribution in [1.29, 1.82) is 0 Å². The molecule has 0 bridgehead atoms. The van der Waals surface area contributed by atoms with Crippen molar-refractivity contribution < 1.29 is 32.5 Å². The molecule has 4 nitrogen and oxygen atoms in total. The third-order valence-electron chi connectivity index (χ3n) is 4.56. The lowest BCUT2D eigenvalue weighted by Gasteiger charge is -2.18. The highest BCUT2D eigenvalue weighted by molar-refractivity contribution is 5.98. The van der Waals surface area contributed by atoms with Crippen molar-refractivity contribution in [2.24, 2.45) is 0 Å². The fourth-order valence-electron chi connectivity index (χ4n) is 2.98. The highest BCUT2D eigenvalue weighted by Gasteiger charge is 2.29. The molecule has 0 spiro atoms. The van der Waals surface area contributed by atoms with Crippen LogP contribution in [-0.2, 0) is 17.3 Å². The molecule has 32 heavy (non-hydrogen) atoms. The van der Waals surface area contributed by atoms with Crippen LogP contribution in [0.1, 0.15) is 60.3 Å². The van der Waals surface area contributed by atoms with Crippen molar-refractivity contribution in [3.05, 3.63) is 69.8 Å². The lowest BCUT2D eigenvalue weighted by molar-refractivity contribution is -0.137. The van der Waals surface area contributed by atoms with Gasteiger partial charge in [-0.2, -0.15) is 13.2 Å². The van der Waals surface area contributed by atoms with Crippen molar-refractivity contribution in [3.63, 3.8) is 0 Å². The first-order valence-electron chi connectivity index (χ1n) is 10.1. The van der Waals surface area contributed by atoms with Crippen LogP contribution in [0, 0.1) is 0 Å². The number of hydrogen-bond donors (Lipinski definition) is 1. The molecule has 0 amide bonds. The summed E-state index contributed by atoms with van der Waals surface area (Å²) in [7, 11) is 1.21. The SMILES string of the molecule is COC(=O)c1c(/C=C/c2ccc(C(F)(F)F)cc2)cc(OC(C)C)c(CC=C(C)C)c1O. The molecule has 0 atom stereocenters. The maximum atomic E-state index is 12.8. The first kappa shape index (κ1) is 25.0. The molecule has 2 aromatic rings. The van der Waals surface area contributed by atoms with Gasteiger partial charge in [-0.1, -0.05) is 35.9 Å². The minimum absolute atomic E-state index is 0.0380. The van der Waals surface area contributed by atoms with Crippen LogP contribution in [-0.4, -0.2) is 24.3 Å². The van der Waals surface area contributed by atoms with Gasteiger partial charge in [-0.05, 0) is 63.4 Å². The van der Waals surface area contributed by atoms with Crippen LogP contribution in [0.2, 0.25) is 0 Å². The number of methoxy groups -OCH3 is 1. The Balaban J connectivity index is 2.59. The van der Waals surface area contributed by atoms with Crippen molar-refractivity contribution in [1.82, 2.24) is 0 Å². The molecule has 2 rings (SSSR count). The Kier molecular flexibility index (Phi) is 8.14. The summed E-state index contributed by atoms with van der Waals surface area (Å²) in [6.07, 6.45) is 0.735. The number of benzene rings is 2. The molecule has 0 fully saturated rings. The summed E-state index contributed by atoms with van der Waals surface area (Å²) >= 11 is 0. The molecule has 2 aromatic carbocycles. The molecular formula is C25H27F3O4. The molecule has 7 heteroatoms. The van der Waals surface area contributed by atoms with E-state index in [9.17, 15) is 23.1 Å². The zero-order valence-electron chi connectivity index (χ0n) is 18.7. The summed E-state index contributed by atoms with van der Waals surface area (Å²) in [6, 6.07) is 6.24. The number of phenolic OH excluding ortho intramolecular Hbond substituents is 1. The normalized spacial score (nSPS) is 11.7. The quantitative estimate of drug-likeness (QED) is 0.292. The van der Waals surface area contributed by atoms with E-state index < -0.39 is 17.7 Å². The van der Waals surface area contributed by atoms with Gasteiger partial charge in [-0.3, -0.25) is 0 Å². The highest BCUT2D eigenvalue weighted by Crippen LogP contribution is 2.37. The summed E-state index contributed by atoms with van der Waals surface area (Å²) in [4.78, 5) is 12.4. The number of rotatable bonds is 7. The van der Waals surface area contributed by atoms with Crippen LogP contribution in [0.15, 0.2) is 42.0 Å². The molecule has 0 aliphatic carbocycles. The van der Waals surface area contributed by atoms with Gasteiger partial charge in [0, 0.05) is 5.56 Å². The van der Waals surface area contributed by atoms with E-state index in [2.05, 4.69) is 0 Å². The molecule has 0 saturated heterocycles. The Bertz CT molecular complexity index is 1010. The van der Waals surface area contributed by atoms with Crippen LogP contribution in [0.3, 0.4) is 0 Å². The summed E-state index contributed by atoms with van der Waals surface area (Å²) in [6.45, 7) is 7.52. The minimum Gasteiger partial charge on any atom is -0.507 e. The largest absolute Gasteiger partial charge is 0.507 e. The van der Waals surface area contributed by atoms with Gasteiger partial charge in [-0.15, -0.1) is 0 Å². The van der Waals surface area contributed by atoms with Gasteiger partial charge in [-0.25, -0.2) is 4.79 Å². The van der Waals surface area contributed by atoms with Crippen molar-refractivity contribution >= 4 is 18.1 Å². The van der Waals surface area contributed by atoms with Crippen LogP contribution in [0.4, 0.5) is 13.2 Å². The van der Waals surface area contributed by atoms with Gasteiger partial charge in [0.1, 0.15) is 17.1 Å². The van der Waals surface area contributed by atoms with E-state index in [0.717, 1.165) is 17.7 Å². The average molecular weight is 448 g/mol. The molecule has 0 heterocycles. The predicted octanol–water partition coefficient (Wildman–Crippen LogP) is 6.66. The summed E-state index contributed by atoms with van der Waals surface area (Å²) in [5.41, 5.74) is 1.51. The molecule has 0 aromatic heterocycles. The van der Waals surface area contributed by atoms with E-state index >= 15 is 0 Å². The first-order chi connectivity index (χ1) is 14.9. The maximum Gasteiger partial charge on any atom is 0.416 e. The van der Waals surface area contributed by atoms with Crippen molar-refractivity contribution in [2.75, 3.05) is 7.11 Å². The minimum atomic E-state index is -4.42. The molecule has 0 unspecified atom stereocenters. The molecular weight excluding hydrogens is 421 g/mol. The topological polar surface area (TPSA) is 55.8 Å².